The molecule has 0 unspecified atom stereocenters. The van der Waals surface area contributed by atoms with E-state index in [1.165, 1.54) is 0 Å². The number of hydrogen-bond donors (Lipinski definition) is 2. The van der Waals surface area contributed by atoms with Gasteiger partial charge in [0.15, 0.2) is 0 Å². The first kappa shape index (κ1) is 11.1. The third-order valence-corrected chi connectivity index (χ3v) is 1.90. The maximum atomic E-state index is 5.56. The quantitative estimate of drug-likeness (QED) is 0.790. The van der Waals surface area contributed by atoms with E-state index in [1.807, 2.05) is 6.92 Å². The molecule has 0 aliphatic heterocycles. The van der Waals surface area contributed by atoms with Crippen molar-refractivity contribution >= 4 is 11.9 Å². The molecule has 2 rings (SSSR count). The van der Waals surface area contributed by atoms with Crippen molar-refractivity contribution in [2.24, 2.45) is 0 Å². The molecule has 0 amide bonds. The Morgan fingerprint density at radius 1 is 1.29 bits per heavy atom. The molecule has 0 fully saturated rings. The van der Waals surface area contributed by atoms with Gasteiger partial charge in [0, 0.05) is 25.9 Å². The van der Waals surface area contributed by atoms with Gasteiger partial charge in [0.1, 0.15) is 0 Å². The van der Waals surface area contributed by atoms with Crippen LogP contribution in [0.15, 0.2) is 6.07 Å². The molecular formula is C9H13N7O. The maximum Gasteiger partial charge on any atom is 0.330 e. The second-order valence-electron chi connectivity index (χ2n) is 3.66. The molecule has 0 saturated heterocycles. The molecule has 17 heavy (non-hydrogen) atoms. The highest BCUT2D eigenvalue weighted by Crippen LogP contribution is 2.18. The van der Waals surface area contributed by atoms with Gasteiger partial charge in [-0.1, -0.05) is 0 Å². The summed E-state index contributed by atoms with van der Waals surface area (Å²) in [4.78, 5) is 13.6. The van der Waals surface area contributed by atoms with Gasteiger partial charge in [-0.15, -0.1) is 5.10 Å². The Morgan fingerprint density at radius 2 is 2.06 bits per heavy atom. The Hall–Kier alpha value is -2.38. The molecule has 3 N–H and O–H groups in total. The number of H-pyrrole nitrogens is 1. The Balaban J connectivity index is 2.26. The molecule has 8 heteroatoms. The zero-order chi connectivity index (χ0) is 12.4. The van der Waals surface area contributed by atoms with Gasteiger partial charge in [0.25, 0.3) is 0 Å². The molecule has 2 aromatic rings. The van der Waals surface area contributed by atoms with Crippen molar-refractivity contribution in [2.75, 3.05) is 24.7 Å². The van der Waals surface area contributed by atoms with Gasteiger partial charge in [-0.2, -0.15) is 15.0 Å². The van der Waals surface area contributed by atoms with E-state index in [-0.39, 0.29) is 12.0 Å². The van der Waals surface area contributed by atoms with Crippen LogP contribution in [0.3, 0.4) is 0 Å². The highest BCUT2D eigenvalue weighted by Gasteiger charge is 2.09. The molecule has 0 aliphatic rings. The standard InChI is InChI=1S/C9H13N7O/c1-5-4-6(15-14-5)17-9-12-7(10)11-8(13-9)16(2)3/h4H,1-3H3,(H,14,15)(H2,10,11,12,13). The lowest BCUT2D eigenvalue weighted by molar-refractivity contribution is 0.423. The largest absolute Gasteiger partial charge is 0.403 e. The zero-order valence-electron chi connectivity index (χ0n) is 9.80. The maximum absolute atomic E-state index is 5.56. The number of rotatable bonds is 3. The minimum absolute atomic E-state index is 0.103. The molecule has 0 atom stereocenters. The average Bonchev–Trinajstić information content (AvgIpc) is 2.63. The molecule has 8 nitrogen and oxygen atoms in total. The lowest BCUT2D eigenvalue weighted by atomic mass is 10.5. The number of aromatic amines is 1. The van der Waals surface area contributed by atoms with Crippen LogP contribution in [0.4, 0.5) is 11.9 Å². The van der Waals surface area contributed by atoms with Crippen LogP contribution in [-0.2, 0) is 0 Å². The zero-order valence-corrected chi connectivity index (χ0v) is 9.80. The first-order valence-corrected chi connectivity index (χ1v) is 4.93. The third kappa shape index (κ3) is 2.60. The Kier molecular flexibility index (Phi) is 2.77. The van der Waals surface area contributed by atoms with Gasteiger partial charge >= 0.3 is 6.01 Å². The molecule has 0 saturated carbocycles. The number of ether oxygens (including phenoxy) is 1. The highest BCUT2D eigenvalue weighted by molar-refractivity contribution is 5.34. The summed E-state index contributed by atoms with van der Waals surface area (Å²) in [5.41, 5.74) is 6.44. The van der Waals surface area contributed by atoms with Gasteiger partial charge in [0.05, 0.1) is 0 Å². The van der Waals surface area contributed by atoms with Crippen molar-refractivity contribution in [2.45, 2.75) is 6.92 Å². The highest BCUT2D eigenvalue weighted by atomic mass is 16.5. The molecule has 0 bridgehead atoms. The second kappa shape index (κ2) is 4.24. The van der Waals surface area contributed by atoms with E-state index >= 15 is 0 Å². The van der Waals surface area contributed by atoms with Crippen LogP contribution in [0.1, 0.15) is 5.69 Å². The summed E-state index contributed by atoms with van der Waals surface area (Å²) in [6.45, 7) is 1.87. The van der Waals surface area contributed by atoms with Crippen LogP contribution in [0.2, 0.25) is 0 Å². The van der Waals surface area contributed by atoms with Gasteiger partial charge in [-0.05, 0) is 6.92 Å². The molecule has 90 valence electrons. The third-order valence-electron chi connectivity index (χ3n) is 1.90. The number of nitrogen functional groups attached to an aromatic ring is 1. The van der Waals surface area contributed by atoms with Crippen LogP contribution < -0.4 is 15.4 Å². The fourth-order valence-corrected chi connectivity index (χ4v) is 1.15. The molecule has 2 heterocycles. The summed E-state index contributed by atoms with van der Waals surface area (Å²) in [7, 11) is 3.61. The summed E-state index contributed by atoms with van der Waals surface area (Å²) in [5, 5.41) is 6.67. The predicted molar refractivity (Wildman–Crippen MR) is 62.0 cm³/mol. The minimum Gasteiger partial charge on any atom is -0.403 e. The van der Waals surface area contributed by atoms with Gasteiger partial charge < -0.3 is 15.4 Å². The number of aryl methyl sites for hydroxylation is 1. The van der Waals surface area contributed by atoms with Crippen molar-refractivity contribution in [3.8, 4) is 11.9 Å². The number of aromatic nitrogens is 5. The van der Waals surface area contributed by atoms with Crippen LogP contribution in [0, 0.1) is 6.92 Å². The van der Waals surface area contributed by atoms with Gasteiger partial charge in [-0.25, -0.2) is 0 Å². The van der Waals surface area contributed by atoms with E-state index in [0.29, 0.717) is 11.8 Å². The summed E-state index contributed by atoms with van der Waals surface area (Å²) in [6, 6.07) is 1.85. The van der Waals surface area contributed by atoms with E-state index in [9.17, 15) is 0 Å². The molecule has 0 aliphatic carbocycles. The first-order chi connectivity index (χ1) is 8.04. The minimum atomic E-state index is 0.103. The average molecular weight is 235 g/mol. The smallest absolute Gasteiger partial charge is 0.330 e. The molecule has 0 spiro atoms. The van der Waals surface area contributed by atoms with Crippen molar-refractivity contribution in [1.29, 1.82) is 0 Å². The molecule has 2 aromatic heterocycles. The number of anilines is 2. The van der Waals surface area contributed by atoms with E-state index < -0.39 is 0 Å². The Labute approximate surface area is 97.9 Å². The van der Waals surface area contributed by atoms with Crippen LogP contribution in [-0.4, -0.2) is 39.2 Å². The lowest BCUT2D eigenvalue weighted by Gasteiger charge is -2.10. The van der Waals surface area contributed by atoms with Crippen LogP contribution >= 0.6 is 0 Å². The van der Waals surface area contributed by atoms with E-state index in [0.717, 1.165) is 5.69 Å². The second-order valence-corrected chi connectivity index (χ2v) is 3.66. The lowest BCUT2D eigenvalue weighted by Crippen LogP contribution is -2.15. The summed E-state index contributed by atoms with van der Waals surface area (Å²) < 4.78 is 5.36. The van der Waals surface area contributed by atoms with Crippen molar-refractivity contribution in [3.63, 3.8) is 0 Å². The first-order valence-electron chi connectivity index (χ1n) is 4.93. The topological polar surface area (TPSA) is 106 Å². The van der Waals surface area contributed by atoms with Crippen LogP contribution in [0.25, 0.3) is 0 Å². The SMILES string of the molecule is Cc1cc(Oc2nc(N)nc(N(C)C)n2)n[nH]1. The molecular weight excluding hydrogens is 222 g/mol. The van der Waals surface area contributed by atoms with Crippen LogP contribution in [0.5, 0.6) is 11.9 Å². The van der Waals surface area contributed by atoms with E-state index in [1.54, 1.807) is 25.1 Å². The normalized spacial score (nSPS) is 10.3. The summed E-state index contributed by atoms with van der Waals surface area (Å²) >= 11 is 0. The Morgan fingerprint density at radius 3 is 2.65 bits per heavy atom. The molecule has 0 radical (unpaired) electrons. The number of nitrogens with zero attached hydrogens (tertiary/aromatic N) is 5. The fourth-order valence-electron chi connectivity index (χ4n) is 1.15. The summed E-state index contributed by atoms with van der Waals surface area (Å²) in [5.74, 6) is 0.920. The monoisotopic (exact) mass is 235 g/mol. The Bertz CT molecular complexity index is 522. The number of hydrogen-bond acceptors (Lipinski definition) is 7. The summed E-state index contributed by atoms with van der Waals surface area (Å²) in [6.07, 6.45) is 0. The van der Waals surface area contributed by atoms with Crippen molar-refractivity contribution < 1.29 is 4.74 Å². The van der Waals surface area contributed by atoms with Gasteiger partial charge in [0.2, 0.25) is 17.8 Å². The van der Waals surface area contributed by atoms with Gasteiger partial charge in [-0.3, -0.25) is 5.10 Å². The number of nitrogens with one attached hydrogen (secondary N) is 1. The predicted octanol–water partition coefficient (Wildman–Crippen LogP) is 0.344. The number of nitrogens with two attached hydrogens (primary N) is 1. The van der Waals surface area contributed by atoms with E-state index in [4.69, 9.17) is 10.5 Å². The van der Waals surface area contributed by atoms with E-state index in [2.05, 4.69) is 25.1 Å². The van der Waals surface area contributed by atoms with Crippen molar-refractivity contribution in [3.05, 3.63) is 11.8 Å². The fraction of sp³-hybridized carbons (Fsp3) is 0.333. The molecule has 0 aromatic carbocycles. The van der Waals surface area contributed by atoms with Crippen molar-refractivity contribution in [1.82, 2.24) is 25.1 Å².